The van der Waals surface area contributed by atoms with Crippen LogP contribution in [0.1, 0.15) is 46.5 Å². The van der Waals surface area contributed by atoms with Crippen molar-refractivity contribution in [2.24, 2.45) is 17.8 Å². The van der Waals surface area contributed by atoms with Crippen LogP contribution in [0.25, 0.3) is 33.4 Å². The predicted octanol–water partition coefficient (Wildman–Crippen LogP) is 5.67. The number of carboxylic acids is 1. The van der Waals surface area contributed by atoms with E-state index in [1.807, 2.05) is 6.07 Å². The fourth-order valence-corrected chi connectivity index (χ4v) is 6.60. The Labute approximate surface area is 230 Å². The van der Waals surface area contributed by atoms with Gasteiger partial charge in [-0.3, -0.25) is 14.4 Å². The number of benzene rings is 3. The summed E-state index contributed by atoms with van der Waals surface area (Å²) in [7, 11) is 1.50. The number of halogens is 1. The summed E-state index contributed by atoms with van der Waals surface area (Å²) in [4.78, 5) is 38.1. The normalized spacial score (nSPS) is 22.8. The van der Waals surface area contributed by atoms with Crippen molar-refractivity contribution < 1.29 is 28.3 Å². The molecule has 0 aliphatic heterocycles. The number of carbonyl (C=O) groups is 3. The number of furan rings is 1. The lowest BCUT2D eigenvalue weighted by Crippen LogP contribution is -2.80. The Morgan fingerprint density at radius 1 is 1.00 bits per heavy atom. The van der Waals surface area contributed by atoms with Crippen molar-refractivity contribution in [2.75, 3.05) is 7.05 Å². The van der Waals surface area contributed by atoms with Crippen LogP contribution < -0.4 is 10.6 Å². The Kier molecular flexibility index (Phi) is 6.02. The summed E-state index contributed by atoms with van der Waals surface area (Å²) in [5, 5.41) is 16.0. The van der Waals surface area contributed by atoms with Crippen molar-refractivity contribution in [1.82, 2.24) is 10.6 Å². The molecule has 0 saturated heterocycles. The van der Waals surface area contributed by atoms with Crippen LogP contribution in [0.15, 0.2) is 65.1 Å². The minimum Gasteiger partial charge on any atom is -0.481 e. The lowest BCUT2D eigenvalue weighted by molar-refractivity contribution is -0.184. The molecule has 3 N–H and O–H groups in total. The molecule has 8 heteroatoms. The number of hydrogen-bond acceptors (Lipinski definition) is 4. The molecule has 3 fully saturated rings. The van der Waals surface area contributed by atoms with Crippen molar-refractivity contribution in [2.45, 2.75) is 32.2 Å². The molecule has 1 heterocycles. The first-order chi connectivity index (χ1) is 19.1. The molecule has 40 heavy (non-hydrogen) atoms. The summed E-state index contributed by atoms with van der Waals surface area (Å²) >= 11 is 0. The monoisotopic (exact) mass is 540 g/mol. The largest absolute Gasteiger partial charge is 0.481 e. The van der Waals surface area contributed by atoms with Crippen LogP contribution >= 0.6 is 0 Å². The van der Waals surface area contributed by atoms with E-state index in [0.717, 1.165) is 6.42 Å². The Morgan fingerprint density at radius 3 is 2.35 bits per heavy atom. The van der Waals surface area contributed by atoms with Gasteiger partial charge in [-0.05, 0) is 89.4 Å². The maximum Gasteiger partial charge on any atom is 0.307 e. The zero-order valence-electron chi connectivity index (χ0n) is 22.4. The van der Waals surface area contributed by atoms with E-state index in [2.05, 4.69) is 24.5 Å². The number of fused-ring (bicyclic) bond motifs is 1. The fourth-order valence-electron chi connectivity index (χ4n) is 6.60. The quantitative estimate of drug-likeness (QED) is 0.280. The van der Waals surface area contributed by atoms with Gasteiger partial charge in [0, 0.05) is 29.1 Å². The Hall–Kier alpha value is -4.46. The summed E-state index contributed by atoms with van der Waals surface area (Å²) in [5.74, 6) is -0.175. The zero-order chi connectivity index (χ0) is 28.3. The van der Waals surface area contributed by atoms with Gasteiger partial charge in [-0.15, -0.1) is 0 Å². The molecule has 4 aromatic rings. The average Bonchev–Trinajstić information content (AvgIpc) is 3.32. The van der Waals surface area contributed by atoms with Gasteiger partial charge >= 0.3 is 5.97 Å². The molecule has 3 saturated carbocycles. The van der Waals surface area contributed by atoms with Gasteiger partial charge in [0.25, 0.3) is 11.8 Å². The van der Waals surface area contributed by atoms with E-state index >= 15 is 0 Å². The van der Waals surface area contributed by atoms with E-state index in [4.69, 9.17) is 4.42 Å². The van der Waals surface area contributed by atoms with Crippen molar-refractivity contribution in [3.05, 3.63) is 83.2 Å². The maximum absolute atomic E-state index is 13.6. The van der Waals surface area contributed by atoms with Gasteiger partial charge in [0.15, 0.2) is 0 Å². The minimum absolute atomic E-state index is 0.152. The highest BCUT2D eigenvalue weighted by Crippen LogP contribution is 2.65. The molecule has 3 aliphatic carbocycles. The number of amides is 2. The van der Waals surface area contributed by atoms with Gasteiger partial charge in [0.1, 0.15) is 17.2 Å². The summed E-state index contributed by atoms with van der Waals surface area (Å²) < 4.78 is 19.7. The summed E-state index contributed by atoms with van der Waals surface area (Å²) in [5.41, 5.74) is 3.13. The van der Waals surface area contributed by atoms with Gasteiger partial charge in [-0.25, -0.2) is 4.39 Å². The first-order valence-electron chi connectivity index (χ1n) is 13.3. The third kappa shape index (κ3) is 3.89. The molecule has 3 aromatic carbocycles. The van der Waals surface area contributed by atoms with Crippen LogP contribution in [0.5, 0.6) is 0 Å². The molecule has 3 aliphatic rings. The van der Waals surface area contributed by atoms with Gasteiger partial charge < -0.3 is 20.2 Å². The highest BCUT2D eigenvalue weighted by Gasteiger charge is 2.69. The molecule has 7 rings (SSSR count). The number of rotatable bonds is 7. The van der Waals surface area contributed by atoms with E-state index in [-0.39, 0.29) is 29.2 Å². The van der Waals surface area contributed by atoms with Crippen molar-refractivity contribution in [1.29, 1.82) is 0 Å². The first kappa shape index (κ1) is 25.8. The van der Waals surface area contributed by atoms with Crippen LogP contribution in [0.2, 0.25) is 0 Å². The molecule has 2 amide bonds. The van der Waals surface area contributed by atoms with Crippen molar-refractivity contribution in [3.8, 4) is 22.5 Å². The van der Waals surface area contributed by atoms with Gasteiger partial charge in [0.05, 0.1) is 12.0 Å². The molecule has 1 aromatic heterocycles. The second-order valence-corrected chi connectivity index (χ2v) is 11.0. The highest BCUT2D eigenvalue weighted by molar-refractivity contribution is 6.12. The van der Waals surface area contributed by atoms with Gasteiger partial charge in [0.2, 0.25) is 0 Å². The van der Waals surface area contributed by atoms with Crippen LogP contribution in [0.4, 0.5) is 4.39 Å². The van der Waals surface area contributed by atoms with E-state index in [1.54, 1.807) is 30.3 Å². The Morgan fingerprint density at radius 2 is 1.73 bits per heavy atom. The van der Waals surface area contributed by atoms with Crippen LogP contribution in [-0.4, -0.2) is 35.5 Å². The Balaban J connectivity index is 1.46. The number of nitrogens with one attached hydrogen (secondary N) is 2. The second-order valence-electron chi connectivity index (χ2n) is 11.0. The van der Waals surface area contributed by atoms with E-state index in [9.17, 15) is 23.9 Å². The SMILES string of the molecule is CNC(=O)c1c(-c2ccc(F)cc2)oc2cc(CC(=O)O)c(-c3cccc(C(=O)NC45CC([C@@H]4C)[C@@H]5C)c3)cc12. The maximum atomic E-state index is 13.6. The molecule has 2 bridgehead atoms. The van der Waals surface area contributed by atoms with Crippen LogP contribution in [-0.2, 0) is 11.2 Å². The summed E-state index contributed by atoms with van der Waals surface area (Å²) in [6, 6.07) is 16.0. The molecule has 204 valence electrons. The lowest BCUT2D eigenvalue weighted by atomic mass is 9.37. The van der Waals surface area contributed by atoms with E-state index < -0.39 is 17.7 Å². The number of hydrogen-bond donors (Lipinski definition) is 3. The lowest BCUT2D eigenvalue weighted by Gasteiger charge is -2.72. The molecular formula is C32H29FN2O5. The number of aliphatic carboxylic acids is 1. The van der Waals surface area contributed by atoms with Gasteiger partial charge in [-0.2, -0.15) is 0 Å². The van der Waals surface area contributed by atoms with Gasteiger partial charge in [-0.1, -0.05) is 26.0 Å². The molecule has 2 atom stereocenters. The highest BCUT2D eigenvalue weighted by atomic mass is 19.1. The minimum atomic E-state index is -1.03. The fraction of sp³-hybridized carbons (Fsp3) is 0.281. The standard InChI is InChI=1S/C32H29FN2O5/c1-16-25-15-32(16,17(25)2)35-30(38)20-6-4-5-19(11-20)23-14-24-26(12-21(23)13-27(36)37)40-29(28(24)31(39)34-3)18-7-9-22(33)10-8-18/h4-12,14,16-17,25H,13,15H2,1-3H3,(H,34,39)(H,35,38)(H,36,37)/t16-,17-,25?,32?/m0/s1. The zero-order valence-corrected chi connectivity index (χ0v) is 22.4. The van der Waals surface area contributed by atoms with E-state index in [1.165, 1.54) is 31.3 Å². The van der Waals surface area contributed by atoms with Crippen molar-refractivity contribution >= 4 is 28.8 Å². The van der Waals surface area contributed by atoms with Crippen molar-refractivity contribution in [3.63, 3.8) is 0 Å². The summed E-state index contributed by atoms with van der Waals surface area (Å²) in [6.07, 6.45) is 0.711. The molecule has 0 spiro atoms. The average molecular weight is 541 g/mol. The predicted molar refractivity (Wildman–Crippen MR) is 148 cm³/mol. The second kappa shape index (κ2) is 9.33. The third-order valence-corrected chi connectivity index (χ3v) is 9.08. The molecule has 0 unspecified atom stereocenters. The first-order valence-corrected chi connectivity index (χ1v) is 13.3. The molecule has 7 nitrogen and oxygen atoms in total. The van der Waals surface area contributed by atoms with Crippen LogP contribution in [0.3, 0.4) is 0 Å². The molecular weight excluding hydrogens is 511 g/mol. The Bertz CT molecular complexity index is 1680. The number of carboxylic acid groups (broad SMARTS) is 1. The third-order valence-electron chi connectivity index (χ3n) is 9.08. The number of carbonyl (C=O) groups excluding carboxylic acids is 2. The molecule has 0 radical (unpaired) electrons. The topological polar surface area (TPSA) is 109 Å². The summed E-state index contributed by atoms with van der Waals surface area (Å²) in [6.45, 7) is 4.35. The van der Waals surface area contributed by atoms with Crippen LogP contribution in [0, 0.1) is 23.6 Å². The van der Waals surface area contributed by atoms with E-state index in [0.29, 0.717) is 56.5 Å². The smallest absolute Gasteiger partial charge is 0.307 e.